The van der Waals surface area contributed by atoms with Gasteiger partial charge in [0.25, 0.3) is 0 Å². The maximum atomic E-state index is 12.4. The van der Waals surface area contributed by atoms with E-state index in [0.29, 0.717) is 11.7 Å². The summed E-state index contributed by atoms with van der Waals surface area (Å²) in [5.74, 6) is -2.59. The molecule has 0 aromatic carbocycles. The Morgan fingerprint density at radius 2 is 1.79 bits per heavy atom. The Balaban J connectivity index is 2.47. The van der Waals surface area contributed by atoms with E-state index >= 15 is 0 Å². The molecule has 1 saturated heterocycles. The SMILES string of the molecule is CC(NC(=O)C(CCC(=O)O)NC(=O)CCCCC1CCSS1)C(C)C(=O)O. The summed E-state index contributed by atoms with van der Waals surface area (Å²) in [5.41, 5.74) is 0. The van der Waals surface area contributed by atoms with Gasteiger partial charge in [0, 0.05) is 29.9 Å². The Hall–Kier alpha value is -1.42. The van der Waals surface area contributed by atoms with Gasteiger partial charge in [0.05, 0.1) is 5.92 Å². The van der Waals surface area contributed by atoms with Crippen LogP contribution in [0.4, 0.5) is 0 Å². The van der Waals surface area contributed by atoms with Crippen molar-refractivity contribution < 1.29 is 29.4 Å². The summed E-state index contributed by atoms with van der Waals surface area (Å²) >= 11 is 0. The van der Waals surface area contributed by atoms with Crippen LogP contribution in [0.3, 0.4) is 0 Å². The van der Waals surface area contributed by atoms with Crippen LogP contribution in [0.5, 0.6) is 0 Å². The van der Waals surface area contributed by atoms with E-state index in [1.807, 2.05) is 21.6 Å². The molecule has 1 heterocycles. The molecule has 4 atom stereocenters. The van der Waals surface area contributed by atoms with Gasteiger partial charge in [-0.25, -0.2) is 0 Å². The predicted molar refractivity (Wildman–Crippen MR) is 110 cm³/mol. The van der Waals surface area contributed by atoms with Crippen LogP contribution < -0.4 is 10.6 Å². The molecule has 2 amide bonds. The first-order valence-corrected chi connectivity index (χ1v) is 11.9. The van der Waals surface area contributed by atoms with Gasteiger partial charge in [-0.2, -0.15) is 0 Å². The lowest BCUT2D eigenvalue weighted by atomic mass is 10.0. The fourth-order valence-corrected chi connectivity index (χ4v) is 5.72. The largest absolute Gasteiger partial charge is 0.481 e. The predicted octanol–water partition coefficient (Wildman–Crippen LogP) is 2.28. The smallest absolute Gasteiger partial charge is 0.308 e. The number of carboxylic acids is 2. The summed E-state index contributed by atoms with van der Waals surface area (Å²) in [6, 6.07) is -1.63. The first-order chi connectivity index (χ1) is 13.2. The van der Waals surface area contributed by atoms with Gasteiger partial charge in [-0.15, -0.1) is 0 Å². The molecule has 0 radical (unpaired) electrons. The Labute approximate surface area is 173 Å². The molecule has 28 heavy (non-hydrogen) atoms. The Morgan fingerprint density at radius 3 is 2.36 bits per heavy atom. The van der Waals surface area contributed by atoms with E-state index < -0.39 is 35.8 Å². The molecule has 1 aliphatic rings. The summed E-state index contributed by atoms with van der Waals surface area (Å²) < 4.78 is 0. The minimum Gasteiger partial charge on any atom is -0.481 e. The van der Waals surface area contributed by atoms with Crippen molar-refractivity contribution in [3.05, 3.63) is 0 Å². The van der Waals surface area contributed by atoms with Gasteiger partial charge in [0.15, 0.2) is 0 Å². The van der Waals surface area contributed by atoms with Gasteiger partial charge in [-0.05, 0) is 39.5 Å². The molecule has 1 fully saturated rings. The van der Waals surface area contributed by atoms with Crippen LogP contribution >= 0.6 is 21.6 Å². The van der Waals surface area contributed by atoms with Gasteiger partial charge in [0.1, 0.15) is 6.04 Å². The molecule has 0 spiro atoms. The topological polar surface area (TPSA) is 133 Å². The summed E-state index contributed by atoms with van der Waals surface area (Å²) in [5, 5.41) is 23.7. The molecule has 1 aliphatic heterocycles. The molecule has 160 valence electrons. The fraction of sp³-hybridized carbons (Fsp3) is 0.778. The number of amides is 2. The van der Waals surface area contributed by atoms with E-state index in [9.17, 15) is 19.2 Å². The normalized spacial score (nSPS) is 19.4. The third kappa shape index (κ3) is 9.68. The first-order valence-electron chi connectivity index (χ1n) is 9.53. The zero-order valence-corrected chi connectivity index (χ0v) is 17.9. The second-order valence-electron chi connectivity index (χ2n) is 7.05. The van der Waals surface area contributed by atoms with E-state index in [2.05, 4.69) is 10.6 Å². The lowest BCUT2D eigenvalue weighted by molar-refractivity contribution is -0.142. The third-order valence-electron chi connectivity index (χ3n) is 4.72. The molecule has 0 aromatic rings. The van der Waals surface area contributed by atoms with Crippen molar-refractivity contribution >= 4 is 45.3 Å². The number of nitrogens with one attached hydrogen (secondary N) is 2. The Kier molecular flexibility index (Phi) is 11.4. The third-order valence-corrected chi connectivity index (χ3v) is 7.72. The molecule has 0 aliphatic carbocycles. The molecule has 10 heteroatoms. The Bertz CT molecular complexity index is 554. The van der Waals surface area contributed by atoms with Crippen molar-refractivity contribution in [1.29, 1.82) is 0 Å². The summed E-state index contributed by atoms with van der Waals surface area (Å²) in [6.45, 7) is 3.03. The number of carboxylic acid groups (broad SMARTS) is 2. The van der Waals surface area contributed by atoms with Gasteiger partial charge in [0.2, 0.25) is 11.8 Å². The van der Waals surface area contributed by atoms with Crippen molar-refractivity contribution in [3.63, 3.8) is 0 Å². The zero-order valence-electron chi connectivity index (χ0n) is 16.3. The van der Waals surface area contributed by atoms with Crippen molar-refractivity contribution in [2.75, 3.05) is 5.75 Å². The zero-order chi connectivity index (χ0) is 21.1. The minimum atomic E-state index is -1.06. The highest BCUT2D eigenvalue weighted by Gasteiger charge is 2.26. The molecule has 0 bridgehead atoms. The van der Waals surface area contributed by atoms with Crippen LogP contribution in [-0.2, 0) is 19.2 Å². The average Bonchev–Trinajstić information content (AvgIpc) is 3.14. The fourth-order valence-electron chi connectivity index (χ4n) is 2.69. The number of carbonyl (C=O) groups excluding carboxylic acids is 2. The lowest BCUT2D eigenvalue weighted by Gasteiger charge is -2.23. The molecule has 1 rings (SSSR count). The van der Waals surface area contributed by atoms with Crippen molar-refractivity contribution in [3.8, 4) is 0 Å². The Morgan fingerprint density at radius 1 is 1.07 bits per heavy atom. The van der Waals surface area contributed by atoms with Crippen LogP contribution in [0.25, 0.3) is 0 Å². The molecule has 8 nitrogen and oxygen atoms in total. The molecular formula is C18H30N2O6S2. The number of rotatable bonds is 13. The van der Waals surface area contributed by atoms with Gasteiger partial charge in [-0.1, -0.05) is 28.0 Å². The van der Waals surface area contributed by atoms with Crippen molar-refractivity contribution in [2.45, 2.75) is 76.1 Å². The van der Waals surface area contributed by atoms with Gasteiger partial charge in [-0.3, -0.25) is 19.2 Å². The number of aliphatic carboxylic acids is 2. The standard InChI is InChI=1S/C18H30N2O6S2/c1-11(18(25)26)12(2)19-17(24)14(7-8-16(22)23)20-15(21)6-4-3-5-13-9-10-27-28-13/h11-14H,3-10H2,1-2H3,(H,19,24)(H,20,21)(H,22,23)(H,25,26). The maximum absolute atomic E-state index is 12.4. The summed E-state index contributed by atoms with van der Waals surface area (Å²) in [6.07, 6.45) is 3.89. The maximum Gasteiger partial charge on any atom is 0.308 e. The van der Waals surface area contributed by atoms with E-state index in [1.54, 1.807) is 6.92 Å². The number of carbonyl (C=O) groups is 4. The molecular weight excluding hydrogens is 404 g/mol. The van der Waals surface area contributed by atoms with E-state index in [0.717, 1.165) is 12.8 Å². The van der Waals surface area contributed by atoms with Crippen molar-refractivity contribution in [1.82, 2.24) is 10.6 Å². The van der Waals surface area contributed by atoms with Crippen LogP contribution in [-0.4, -0.2) is 57.1 Å². The van der Waals surface area contributed by atoms with E-state index in [1.165, 1.54) is 19.1 Å². The second-order valence-corrected chi connectivity index (χ2v) is 9.84. The van der Waals surface area contributed by atoms with Crippen LogP contribution in [0.15, 0.2) is 0 Å². The van der Waals surface area contributed by atoms with Crippen molar-refractivity contribution in [2.24, 2.45) is 5.92 Å². The first kappa shape index (κ1) is 24.6. The quantitative estimate of drug-likeness (QED) is 0.256. The summed E-state index contributed by atoms with van der Waals surface area (Å²) in [7, 11) is 3.78. The summed E-state index contributed by atoms with van der Waals surface area (Å²) in [4.78, 5) is 46.5. The van der Waals surface area contributed by atoms with E-state index in [4.69, 9.17) is 10.2 Å². The molecule has 4 unspecified atom stereocenters. The number of unbranched alkanes of at least 4 members (excludes halogenated alkanes) is 1. The van der Waals surface area contributed by atoms with Crippen LogP contribution in [0, 0.1) is 5.92 Å². The van der Waals surface area contributed by atoms with Gasteiger partial charge >= 0.3 is 11.9 Å². The highest BCUT2D eigenvalue weighted by Crippen LogP contribution is 2.39. The highest BCUT2D eigenvalue weighted by atomic mass is 33.1. The average molecular weight is 435 g/mol. The molecule has 0 saturated carbocycles. The minimum absolute atomic E-state index is 0.0446. The highest BCUT2D eigenvalue weighted by molar-refractivity contribution is 8.77. The monoisotopic (exact) mass is 434 g/mol. The second kappa shape index (κ2) is 12.9. The van der Waals surface area contributed by atoms with Gasteiger partial charge < -0.3 is 20.8 Å². The molecule has 4 N–H and O–H groups in total. The molecule has 0 aromatic heterocycles. The van der Waals surface area contributed by atoms with E-state index in [-0.39, 0.29) is 25.2 Å². The van der Waals surface area contributed by atoms with Crippen LogP contribution in [0.2, 0.25) is 0 Å². The van der Waals surface area contributed by atoms with Crippen LogP contribution in [0.1, 0.15) is 58.8 Å². The number of hydrogen-bond acceptors (Lipinski definition) is 6. The number of hydrogen-bond donors (Lipinski definition) is 4. The lowest BCUT2D eigenvalue weighted by Crippen LogP contribution is -2.51.